The molecule has 5 nitrogen and oxygen atoms in total. The summed E-state index contributed by atoms with van der Waals surface area (Å²) in [6, 6.07) is 12.8. The first-order valence-corrected chi connectivity index (χ1v) is 9.97. The van der Waals surface area contributed by atoms with Gasteiger partial charge >= 0.3 is 6.03 Å². The third kappa shape index (κ3) is 4.14. The molecule has 2 aliphatic rings. The van der Waals surface area contributed by atoms with Gasteiger partial charge in [0.2, 0.25) is 0 Å². The van der Waals surface area contributed by atoms with E-state index in [4.69, 9.17) is 0 Å². The van der Waals surface area contributed by atoms with Crippen molar-refractivity contribution in [3.63, 3.8) is 0 Å². The summed E-state index contributed by atoms with van der Waals surface area (Å²) in [6.07, 6.45) is 5.14. The molecule has 0 bridgehead atoms. The van der Waals surface area contributed by atoms with Gasteiger partial charge in [-0.3, -0.25) is 9.88 Å². The first kappa shape index (κ1) is 18.0. The number of carbonyl (C=O) groups excluding carboxylic acids is 1. The lowest BCUT2D eigenvalue weighted by Gasteiger charge is -2.36. The summed E-state index contributed by atoms with van der Waals surface area (Å²) in [5, 5.41) is 3.27. The van der Waals surface area contributed by atoms with Gasteiger partial charge in [-0.1, -0.05) is 30.3 Å². The Labute approximate surface area is 161 Å². The zero-order chi connectivity index (χ0) is 18.6. The number of hydrogen-bond acceptors (Lipinski definition) is 3. The molecule has 4 rings (SSSR count). The first-order chi connectivity index (χ1) is 13.2. The third-order valence-electron chi connectivity index (χ3n) is 5.82. The minimum atomic E-state index is 0.0744. The molecule has 1 atom stereocenters. The lowest BCUT2D eigenvalue weighted by molar-refractivity contribution is 0.132. The highest BCUT2D eigenvalue weighted by atomic mass is 16.2. The Bertz CT molecular complexity index is 798. The number of hydrogen-bond donors (Lipinski definition) is 1. The van der Waals surface area contributed by atoms with Crippen LogP contribution >= 0.6 is 0 Å². The normalized spacial score (nSPS) is 20.2. The van der Waals surface area contributed by atoms with Crippen molar-refractivity contribution in [2.24, 2.45) is 0 Å². The maximum Gasteiger partial charge on any atom is 0.317 e. The smallest absolute Gasteiger partial charge is 0.317 e. The molecule has 1 aromatic carbocycles. The van der Waals surface area contributed by atoms with E-state index in [1.807, 2.05) is 17.2 Å². The van der Waals surface area contributed by atoms with Gasteiger partial charge in [0.05, 0.1) is 11.7 Å². The van der Waals surface area contributed by atoms with E-state index in [1.165, 1.54) is 16.7 Å². The van der Waals surface area contributed by atoms with Crippen molar-refractivity contribution in [2.75, 3.05) is 26.2 Å². The Balaban J connectivity index is 1.31. The molecule has 0 spiro atoms. The van der Waals surface area contributed by atoms with Crippen LogP contribution in [0, 0.1) is 6.92 Å². The summed E-state index contributed by atoms with van der Waals surface area (Å²) in [5.74, 6) is 0. The molecule has 2 amide bonds. The monoisotopic (exact) mass is 364 g/mol. The van der Waals surface area contributed by atoms with E-state index >= 15 is 0 Å². The molecule has 1 fully saturated rings. The fourth-order valence-electron chi connectivity index (χ4n) is 4.15. The molecule has 142 valence electrons. The van der Waals surface area contributed by atoms with E-state index in [1.54, 1.807) is 0 Å². The Morgan fingerprint density at radius 1 is 1.15 bits per heavy atom. The second-order valence-corrected chi connectivity index (χ2v) is 7.62. The van der Waals surface area contributed by atoms with Crippen molar-refractivity contribution in [2.45, 2.75) is 38.8 Å². The van der Waals surface area contributed by atoms with Crippen molar-refractivity contribution < 1.29 is 4.79 Å². The highest BCUT2D eigenvalue weighted by Gasteiger charge is 2.26. The first-order valence-electron chi connectivity index (χ1n) is 9.97. The highest BCUT2D eigenvalue weighted by molar-refractivity contribution is 5.75. The Hall–Kier alpha value is -2.40. The molecular formula is C22H28N4O. The summed E-state index contributed by atoms with van der Waals surface area (Å²) < 4.78 is 0. The lowest BCUT2D eigenvalue weighted by Crippen LogP contribution is -2.52. The van der Waals surface area contributed by atoms with Crippen LogP contribution in [0.3, 0.4) is 0 Å². The quantitative estimate of drug-likeness (QED) is 0.909. The minimum Gasteiger partial charge on any atom is -0.331 e. The summed E-state index contributed by atoms with van der Waals surface area (Å²) in [5.41, 5.74) is 5.04. The highest BCUT2D eigenvalue weighted by Crippen LogP contribution is 2.29. The molecular weight excluding hydrogens is 336 g/mol. The molecule has 0 unspecified atom stereocenters. The Morgan fingerprint density at radius 2 is 1.96 bits per heavy atom. The van der Waals surface area contributed by atoms with Crippen LogP contribution in [0.1, 0.15) is 41.3 Å². The van der Waals surface area contributed by atoms with Crippen LogP contribution in [0.2, 0.25) is 0 Å². The van der Waals surface area contributed by atoms with Crippen LogP contribution in [0.4, 0.5) is 4.79 Å². The fraction of sp³-hybridized carbons (Fsp3) is 0.455. The summed E-state index contributed by atoms with van der Waals surface area (Å²) >= 11 is 0. The van der Waals surface area contributed by atoms with Crippen molar-refractivity contribution in [3.8, 4) is 0 Å². The molecule has 1 N–H and O–H groups in total. The van der Waals surface area contributed by atoms with Crippen LogP contribution < -0.4 is 5.32 Å². The number of urea groups is 1. The van der Waals surface area contributed by atoms with Gasteiger partial charge in [0.15, 0.2) is 0 Å². The van der Waals surface area contributed by atoms with Gasteiger partial charge < -0.3 is 10.2 Å². The molecule has 2 heterocycles. The Morgan fingerprint density at radius 3 is 2.78 bits per heavy atom. The van der Waals surface area contributed by atoms with E-state index in [9.17, 15) is 4.79 Å². The topological polar surface area (TPSA) is 48.5 Å². The van der Waals surface area contributed by atoms with Gasteiger partial charge in [-0.2, -0.15) is 0 Å². The van der Waals surface area contributed by atoms with Crippen molar-refractivity contribution in [1.82, 2.24) is 20.1 Å². The van der Waals surface area contributed by atoms with Gasteiger partial charge in [-0.25, -0.2) is 4.79 Å². The lowest BCUT2D eigenvalue weighted by atomic mass is 9.88. The zero-order valence-electron chi connectivity index (χ0n) is 16.0. The second-order valence-electron chi connectivity index (χ2n) is 7.62. The van der Waals surface area contributed by atoms with Crippen LogP contribution in [0.15, 0.2) is 42.6 Å². The number of nitrogens with one attached hydrogen (secondary N) is 1. The molecule has 1 aliphatic carbocycles. The van der Waals surface area contributed by atoms with Gasteiger partial charge in [-0.05, 0) is 48.9 Å². The summed E-state index contributed by atoms with van der Waals surface area (Å²) in [4.78, 5) is 21.6. The van der Waals surface area contributed by atoms with Crippen LogP contribution in [0.25, 0.3) is 0 Å². The number of fused-ring (bicyclic) bond motifs is 1. The summed E-state index contributed by atoms with van der Waals surface area (Å²) in [7, 11) is 0. The van der Waals surface area contributed by atoms with E-state index in [0.29, 0.717) is 0 Å². The molecule has 1 aliphatic heterocycles. The second kappa shape index (κ2) is 8.09. The van der Waals surface area contributed by atoms with Crippen LogP contribution in [0.5, 0.6) is 0 Å². The fourth-order valence-corrected chi connectivity index (χ4v) is 4.15. The zero-order valence-corrected chi connectivity index (χ0v) is 16.0. The predicted octanol–water partition coefficient (Wildman–Crippen LogP) is 3.29. The number of rotatable bonds is 3. The molecule has 1 saturated heterocycles. The number of piperazine rings is 1. The molecule has 0 saturated carbocycles. The summed E-state index contributed by atoms with van der Waals surface area (Å²) in [6.45, 7) is 6.29. The van der Waals surface area contributed by atoms with E-state index in [-0.39, 0.29) is 12.1 Å². The molecule has 1 aromatic heterocycles. The van der Waals surface area contributed by atoms with Crippen LogP contribution in [-0.2, 0) is 13.0 Å². The maximum absolute atomic E-state index is 12.8. The maximum atomic E-state index is 12.8. The standard InChI is InChI=1S/C22H28N4O/c1-17-6-5-11-23-21(17)16-25-12-14-26(15-13-25)22(27)24-20-10-4-8-18-7-2-3-9-19(18)20/h2-3,5-7,9,11,20H,4,8,10,12-16H2,1H3,(H,24,27)/t20-/m1/s1. The van der Waals surface area contributed by atoms with Crippen molar-refractivity contribution in [1.29, 1.82) is 0 Å². The van der Waals surface area contributed by atoms with Crippen molar-refractivity contribution in [3.05, 3.63) is 65.0 Å². The van der Waals surface area contributed by atoms with Gasteiger partial charge in [0, 0.05) is 38.9 Å². The number of benzene rings is 1. The predicted molar refractivity (Wildman–Crippen MR) is 106 cm³/mol. The van der Waals surface area contributed by atoms with E-state index < -0.39 is 0 Å². The van der Waals surface area contributed by atoms with Crippen molar-refractivity contribution >= 4 is 6.03 Å². The number of carbonyl (C=O) groups is 1. The SMILES string of the molecule is Cc1cccnc1CN1CCN(C(=O)N[C@@H]2CCCc3ccccc32)CC1. The third-order valence-corrected chi connectivity index (χ3v) is 5.82. The van der Waals surface area contributed by atoms with Crippen LogP contribution in [-0.4, -0.2) is 47.0 Å². The minimum absolute atomic E-state index is 0.0744. The van der Waals surface area contributed by atoms with Gasteiger partial charge in [0.25, 0.3) is 0 Å². The van der Waals surface area contributed by atoms with Gasteiger partial charge in [0.1, 0.15) is 0 Å². The number of aromatic nitrogens is 1. The molecule has 5 heteroatoms. The number of pyridine rings is 1. The van der Waals surface area contributed by atoms with E-state index in [0.717, 1.165) is 57.7 Å². The molecule has 0 radical (unpaired) electrons. The van der Waals surface area contributed by atoms with E-state index in [2.05, 4.69) is 52.5 Å². The molecule has 2 aromatic rings. The average Bonchev–Trinajstić information content (AvgIpc) is 2.70. The number of nitrogens with zero attached hydrogens (tertiary/aromatic N) is 3. The van der Waals surface area contributed by atoms with Gasteiger partial charge in [-0.15, -0.1) is 0 Å². The number of amides is 2. The Kier molecular flexibility index (Phi) is 5.39. The largest absolute Gasteiger partial charge is 0.331 e. The molecule has 27 heavy (non-hydrogen) atoms. The number of aryl methyl sites for hydroxylation is 2. The average molecular weight is 364 g/mol.